The number of Topliss-reactive ketones (excluding diaryl/α,β-unsaturated/α-hetero) is 1. The number of nitrogens with zero attached hydrogens (tertiary/aromatic N) is 4. The first-order chi connectivity index (χ1) is 11.1. The van der Waals surface area contributed by atoms with Gasteiger partial charge < -0.3 is 14.3 Å². The van der Waals surface area contributed by atoms with E-state index in [9.17, 15) is 9.59 Å². The molecule has 0 saturated carbocycles. The van der Waals surface area contributed by atoms with Crippen molar-refractivity contribution in [1.82, 2.24) is 18.9 Å². The topological polar surface area (TPSA) is 58.0 Å². The molecule has 1 aromatic rings. The minimum Gasteiger partial charge on any atom is -0.350 e. The van der Waals surface area contributed by atoms with E-state index in [1.54, 1.807) is 9.32 Å². The van der Waals surface area contributed by atoms with Crippen LogP contribution in [0.1, 0.15) is 32.1 Å². The molecule has 1 aromatic heterocycles. The van der Waals surface area contributed by atoms with Crippen LogP contribution in [0, 0.1) is 0 Å². The van der Waals surface area contributed by atoms with Crippen LogP contribution in [0.2, 0.25) is 0 Å². The molecule has 2 aliphatic rings. The molecule has 1 amide bonds. The number of hydroxylamine groups is 2. The highest BCUT2D eigenvalue weighted by Crippen LogP contribution is 2.36. The second-order valence-electron chi connectivity index (χ2n) is 5.71. The van der Waals surface area contributed by atoms with Gasteiger partial charge in [0.25, 0.3) is 0 Å². The van der Waals surface area contributed by atoms with Gasteiger partial charge in [0.05, 0.1) is 6.54 Å². The molecule has 126 valence electrons. The van der Waals surface area contributed by atoms with Crippen LogP contribution in [0.4, 0.5) is 4.79 Å². The Hall–Kier alpha value is -1.57. The van der Waals surface area contributed by atoms with Crippen LogP contribution in [0.3, 0.4) is 0 Å². The standard InChI is InChI=1S/C15H21ClN4O3/c1-3-17(4-2)15(22)23-20-10-11-6-5-8-18(11)14-13(20)12(21)7-9-19(14)16/h5-6,8,13-14H,3-4,7,9-10H2,1-2H3. The smallest absolute Gasteiger partial charge is 0.350 e. The molecule has 1 saturated heterocycles. The van der Waals surface area contributed by atoms with Gasteiger partial charge in [-0.05, 0) is 37.8 Å². The summed E-state index contributed by atoms with van der Waals surface area (Å²) in [5, 5.41) is 1.48. The summed E-state index contributed by atoms with van der Waals surface area (Å²) in [6.07, 6.45) is 1.46. The summed E-state index contributed by atoms with van der Waals surface area (Å²) in [6.45, 7) is 5.75. The first kappa shape index (κ1) is 16.3. The third kappa shape index (κ3) is 2.84. The van der Waals surface area contributed by atoms with E-state index in [1.807, 2.05) is 36.7 Å². The summed E-state index contributed by atoms with van der Waals surface area (Å²) < 4.78 is 3.60. The molecule has 0 bridgehead atoms. The number of fused-ring (bicyclic) bond motifs is 3. The Morgan fingerprint density at radius 1 is 1.43 bits per heavy atom. The minimum absolute atomic E-state index is 0.0404. The van der Waals surface area contributed by atoms with E-state index in [0.29, 0.717) is 32.6 Å². The molecule has 0 aromatic carbocycles. The number of hydrogen-bond acceptors (Lipinski definition) is 5. The summed E-state index contributed by atoms with van der Waals surface area (Å²) >= 11 is 6.34. The van der Waals surface area contributed by atoms with E-state index < -0.39 is 12.1 Å². The van der Waals surface area contributed by atoms with Gasteiger partial charge >= 0.3 is 6.09 Å². The minimum atomic E-state index is -0.583. The van der Waals surface area contributed by atoms with Crippen LogP contribution in [-0.2, 0) is 16.2 Å². The molecule has 0 aliphatic carbocycles. The quantitative estimate of drug-likeness (QED) is 0.788. The fraction of sp³-hybridized carbons (Fsp3) is 0.600. The Kier molecular flexibility index (Phi) is 4.61. The number of ketones is 1. The van der Waals surface area contributed by atoms with Crippen LogP contribution >= 0.6 is 11.8 Å². The largest absolute Gasteiger partial charge is 0.428 e. The van der Waals surface area contributed by atoms with Gasteiger partial charge in [-0.2, -0.15) is 4.42 Å². The van der Waals surface area contributed by atoms with Crippen LogP contribution in [0.5, 0.6) is 0 Å². The van der Waals surface area contributed by atoms with Crippen molar-refractivity contribution in [1.29, 1.82) is 0 Å². The normalized spacial score (nSPS) is 24.9. The predicted octanol–water partition coefficient (Wildman–Crippen LogP) is 1.99. The number of amides is 1. The number of rotatable bonds is 3. The van der Waals surface area contributed by atoms with Crippen molar-refractivity contribution < 1.29 is 14.4 Å². The van der Waals surface area contributed by atoms with Gasteiger partial charge in [-0.1, -0.05) is 0 Å². The third-order valence-electron chi connectivity index (χ3n) is 4.47. The van der Waals surface area contributed by atoms with Crippen LogP contribution in [-0.4, -0.2) is 56.5 Å². The van der Waals surface area contributed by atoms with Gasteiger partial charge in [0.1, 0.15) is 12.2 Å². The van der Waals surface area contributed by atoms with Gasteiger partial charge in [0, 0.05) is 37.9 Å². The van der Waals surface area contributed by atoms with Gasteiger partial charge in [0.2, 0.25) is 0 Å². The zero-order chi connectivity index (χ0) is 16.6. The van der Waals surface area contributed by atoms with Crippen LogP contribution in [0.25, 0.3) is 0 Å². The molecule has 8 heteroatoms. The first-order valence-electron chi connectivity index (χ1n) is 7.91. The summed E-state index contributed by atoms with van der Waals surface area (Å²) in [4.78, 5) is 31.9. The zero-order valence-corrected chi connectivity index (χ0v) is 14.1. The van der Waals surface area contributed by atoms with E-state index in [2.05, 4.69) is 0 Å². The van der Waals surface area contributed by atoms with E-state index >= 15 is 0 Å². The van der Waals surface area contributed by atoms with Crippen molar-refractivity contribution >= 4 is 23.7 Å². The lowest BCUT2D eigenvalue weighted by molar-refractivity contribution is -0.190. The zero-order valence-electron chi connectivity index (χ0n) is 13.3. The Balaban J connectivity index is 1.88. The Labute approximate surface area is 140 Å². The lowest BCUT2D eigenvalue weighted by Crippen LogP contribution is -2.58. The van der Waals surface area contributed by atoms with Crippen LogP contribution in [0.15, 0.2) is 18.3 Å². The molecule has 2 unspecified atom stereocenters. The Morgan fingerprint density at radius 2 is 2.17 bits per heavy atom. The second-order valence-corrected chi connectivity index (χ2v) is 6.14. The predicted molar refractivity (Wildman–Crippen MR) is 84.4 cm³/mol. The molecule has 2 aliphatic heterocycles. The van der Waals surface area contributed by atoms with Crippen molar-refractivity contribution in [3.05, 3.63) is 24.0 Å². The number of carbonyl (C=O) groups excluding carboxylic acids is 2. The molecule has 0 radical (unpaired) electrons. The number of carbonyl (C=O) groups is 2. The molecule has 3 rings (SSSR count). The lowest BCUT2D eigenvalue weighted by atomic mass is 9.99. The number of aromatic nitrogens is 1. The second kappa shape index (κ2) is 6.51. The Morgan fingerprint density at radius 3 is 2.87 bits per heavy atom. The molecule has 0 spiro atoms. The van der Waals surface area contributed by atoms with Gasteiger partial charge in [0.15, 0.2) is 5.78 Å². The SMILES string of the molecule is CCN(CC)C(=O)ON1Cc2cccn2C2C1C(=O)CCN2Cl. The molecule has 2 atom stereocenters. The molecular weight excluding hydrogens is 320 g/mol. The van der Waals surface area contributed by atoms with Crippen molar-refractivity contribution in [2.24, 2.45) is 0 Å². The van der Waals surface area contributed by atoms with Crippen molar-refractivity contribution in [3.8, 4) is 0 Å². The highest BCUT2D eigenvalue weighted by Gasteiger charge is 2.47. The van der Waals surface area contributed by atoms with Gasteiger partial charge in [-0.15, -0.1) is 5.06 Å². The number of halogens is 1. The molecule has 1 fully saturated rings. The van der Waals surface area contributed by atoms with Gasteiger partial charge in [-0.3, -0.25) is 4.79 Å². The average Bonchev–Trinajstić information content (AvgIpc) is 2.99. The van der Waals surface area contributed by atoms with E-state index in [1.165, 1.54) is 5.06 Å². The first-order valence-corrected chi connectivity index (χ1v) is 8.25. The molecule has 3 heterocycles. The van der Waals surface area contributed by atoms with Crippen LogP contribution < -0.4 is 0 Å². The van der Waals surface area contributed by atoms with Crippen molar-refractivity contribution in [3.63, 3.8) is 0 Å². The molecule has 0 N–H and O–H groups in total. The average molecular weight is 341 g/mol. The maximum absolute atomic E-state index is 12.5. The van der Waals surface area contributed by atoms with Crippen molar-refractivity contribution in [2.45, 2.75) is 39.0 Å². The fourth-order valence-electron chi connectivity index (χ4n) is 3.22. The lowest BCUT2D eigenvalue weighted by Gasteiger charge is -2.45. The Bertz CT molecular complexity index is 601. The van der Waals surface area contributed by atoms with E-state index in [4.69, 9.17) is 16.6 Å². The molecule has 7 nitrogen and oxygen atoms in total. The summed E-state index contributed by atoms with van der Waals surface area (Å²) in [5.41, 5.74) is 0.957. The third-order valence-corrected chi connectivity index (χ3v) is 4.84. The van der Waals surface area contributed by atoms with E-state index in [0.717, 1.165) is 5.69 Å². The fourth-order valence-corrected chi connectivity index (χ4v) is 3.51. The summed E-state index contributed by atoms with van der Waals surface area (Å²) in [7, 11) is 0. The maximum atomic E-state index is 12.5. The van der Waals surface area contributed by atoms with Gasteiger partial charge in [-0.25, -0.2) is 4.79 Å². The summed E-state index contributed by atoms with van der Waals surface area (Å²) in [6, 6.07) is 3.27. The highest BCUT2D eigenvalue weighted by molar-refractivity contribution is 6.14. The summed E-state index contributed by atoms with van der Waals surface area (Å²) in [5.74, 6) is 0.0404. The number of hydrogen-bond donors (Lipinski definition) is 0. The highest BCUT2D eigenvalue weighted by atomic mass is 35.5. The molecule has 23 heavy (non-hydrogen) atoms. The number of piperidine rings is 1. The monoisotopic (exact) mass is 340 g/mol. The van der Waals surface area contributed by atoms with E-state index in [-0.39, 0.29) is 11.9 Å². The maximum Gasteiger partial charge on any atom is 0.428 e. The van der Waals surface area contributed by atoms with Crippen molar-refractivity contribution in [2.75, 3.05) is 19.6 Å². The molecular formula is C15H21ClN4O3.